The van der Waals surface area contributed by atoms with Crippen molar-refractivity contribution < 1.29 is 4.79 Å². The lowest BCUT2D eigenvalue weighted by atomic mass is 9.98. The van der Waals surface area contributed by atoms with E-state index in [0.29, 0.717) is 10.6 Å². The minimum Gasteiger partial charge on any atom is -0.336 e. The van der Waals surface area contributed by atoms with Crippen molar-refractivity contribution in [1.82, 2.24) is 14.9 Å². The van der Waals surface area contributed by atoms with Gasteiger partial charge in [-0.2, -0.15) is 0 Å². The van der Waals surface area contributed by atoms with E-state index in [2.05, 4.69) is 11.9 Å². The minimum absolute atomic E-state index is 0.0708. The van der Waals surface area contributed by atoms with Crippen molar-refractivity contribution in [3.8, 4) is 11.3 Å². The topological polar surface area (TPSA) is 46.1 Å². The van der Waals surface area contributed by atoms with E-state index >= 15 is 0 Å². The van der Waals surface area contributed by atoms with Crippen LogP contribution in [0.25, 0.3) is 22.2 Å². The van der Waals surface area contributed by atoms with Gasteiger partial charge in [-0.15, -0.1) is 0 Å². The second-order valence-electron chi connectivity index (χ2n) is 7.21. The highest BCUT2D eigenvalue weighted by Crippen LogP contribution is 2.31. The van der Waals surface area contributed by atoms with Crippen molar-refractivity contribution in [3.05, 3.63) is 58.9 Å². The summed E-state index contributed by atoms with van der Waals surface area (Å²) in [5.74, 6) is 0.0708. The third-order valence-corrected chi connectivity index (χ3v) is 5.83. The summed E-state index contributed by atoms with van der Waals surface area (Å²) in [6.45, 7) is 4.88. The lowest BCUT2D eigenvalue weighted by molar-refractivity contribution is 0.0637. The average molecular weight is 380 g/mol. The van der Waals surface area contributed by atoms with Gasteiger partial charge in [0.05, 0.1) is 16.8 Å². The van der Waals surface area contributed by atoms with Gasteiger partial charge in [0.2, 0.25) is 0 Å². The summed E-state index contributed by atoms with van der Waals surface area (Å²) in [6, 6.07) is 9.74. The van der Waals surface area contributed by atoms with Gasteiger partial charge in [-0.25, -0.2) is 4.98 Å². The van der Waals surface area contributed by atoms with Gasteiger partial charge in [0.25, 0.3) is 5.91 Å². The first-order valence-electron chi connectivity index (χ1n) is 9.37. The number of hydrogen-bond donors (Lipinski definition) is 0. The fraction of sp³-hybridized carbons (Fsp3) is 0.318. The molecule has 1 saturated heterocycles. The Hall–Kier alpha value is -2.46. The molecular formula is C22H22ClN3O. The minimum atomic E-state index is 0.0708. The molecule has 1 atom stereocenters. The van der Waals surface area contributed by atoms with Crippen LogP contribution in [0.1, 0.15) is 42.1 Å². The molecule has 4 rings (SSSR count). The maximum absolute atomic E-state index is 13.5. The Morgan fingerprint density at radius 2 is 2.11 bits per heavy atom. The summed E-state index contributed by atoms with van der Waals surface area (Å²) < 4.78 is 0. The van der Waals surface area contributed by atoms with Crippen molar-refractivity contribution in [1.29, 1.82) is 0 Å². The summed E-state index contributed by atoms with van der Waals surface area (Å²) >= 11 is 6.34. The highest BCUT2D eigenvalue weighted by molar-refractivity contribution is 6.32. The Bertz CT molecular complexity index is 1000. The van der Waals surface area contributed by atoms with E-state index in [1.54, 1.807) is 12.4 Å². The molecule has 1 aromatic carbocycles. The number of aromatic nitrogens is 2. The van der Waals surface area contributed by atoms with E-state index in [4.69, 9.17) is 16.6 Å². The Labute approximate surface area is 164 Å². The van der Waals surface area contributed by atoms with E-state index in [9.17, 15) is 4.79 Å². The number of hydrogen-bond acceptors (Lipinski definition) is 3. The predicted molar refractivity (Wildman–Crippen MR) is 109 cm³/mol. The lowest BCUT2D eigenvalue weighted by Crippen LogP contribution is -2.42. The van der Waals surface area contributed by atoms with Crippen molar-refractivity contribution in [2.24, 2.45) is 0 Å². The molecule has 0 spiro atoms. The van der Waals surface area contributed by atoms with E-state index in [-0.39, 0.29) is 11.9 Å². The van der Waals surface area contributed by atoms with Crippen LogP contribution in [-0.4, -0.2) is 33.4 Å². The number of aryl methyl sites for hydroxylation is 1. The number of amides is 1. The van der Waals surface area contributed by atoms with Crippen molar-refractivity contribution in [2.75, 3.05) is 6.54 Å². The van der Waals surface area contributed by atoms with E-state index in [1.807, 2.05) is 42.2 Å². The normalized spacial score (nSPS) is 17.3. The first kappa shape index (κ1) is 17.9. The number of likely N-dealkylation sites (tertiary alicyclic amines) is 1. The van der Waals surface area contributed by atoms with Gasteiger partial charge in [0.1, 0.15) is 0 Å². The summed E-state index contributed by atoms with van der Waals surface area (Å²) in [4.78, 5) is 24.5. The summed E-state index contributed by atoms with van der Waals surface area (Å²) in [6.07, 6.45) is 6.78. The van der Waals surface area contributed by atoms with Crippen LogP contribution in [0.2, 0.25) is 5.02 Å². The lowest BCUT2D eigenvalue weighted by Gasteiger charge is -2.33. The van der Waals surface area contributed by atoms with Gasteiger partial charge in [0.15, 0.2) is 0 Å². The molecule has 0 saturated carbocycles. The molecule has 27 heavy (non-hydrogen) atoms. The zero-order valence-corrected chi connectivity index (χ0v) is 16.3. The molecule has 1 aliphatic heterocycles. The summed E-state index contributed by atoms with van der Waals surface area (Å²) in [7, 11) is 0. The summed E-state index contributed by atoms with van der Waals surface area (Å²) in [5, 5.41) is 1.51. The Kier molecular flexibility index (Phi) is 4.83. The SMILES string of the molecule is Cc1c(Cl)ccc2c(C(=O)N3CCCCC3C)cc(-c3cccnc3)nc12. The van der Waals surface area contributed by atoms with Crippen LogP contribution < -0.4 is 0 Å². The largest absolute Gasteiger partial charge is 0.336 e. The molecule has 0 N–H and O–H groups in total. The number of rotatable bonds is 2. The maximum atomic E-state index is 13.5. The van der Waals surface area contributed by atoms with Gasteiger partial charge < -0.3 is 4.90 Å². The van der Waals surface area contributed by atoms with Crippen molar-refractivity contribution in [2.45, 2.75) is 39.2 Å². The van der Waals surface area contributed by atoms with Gasteiger partial charge in [0, 0.05) is 41.0 Å². The number of fused-ring (bicyclic) bond motifs is 1. The first-order valence-corrected chi connectivity index (χ1v) is 9.75. The van der Waals surface area contributed by atoms with Crippen LogP contribution >= 0.6 is 11.6 Å². The second kappa shape index (κ2) is 7.28. The average Bonchev–Trinajstić information content (AvgIpc) is 2.70. The van der Waals surface area contributed by atoms with Crippen LogP contribution in [0.5, 0.6) is 0 Å². The molecule has 3 heterocycles. The predicted octanol–water partition coefficient (Wildman–Crippen LogP) is 5.27. The van der Waals surface area contributed by atoms with Crippen LogP contribution in [-0.2, 0) is 0 Å². The third kappa shape index (κ3) is 3.30. The molecule has 1 fully saturated rings. The molecule has 138 valence electrons. The Balaban J connectivity index is 1.92. The van der Waals surface area contributed by atoms with Gasteiger partial charge in [-0.3, -0.25) is 9.78 Å². The summed E-state index contributed by atoms with van der Waals surface area (Å²) in [5.41, 5.74) is 3.98. The molecule has 5 heteroatoms. The fourth-order valence-corrected chi connectivity index (χ4v) is 3.95. The van der Waals surface area contributed by atoms with Crippen molar-refractivity contribution in [3.63, 3.8) is 0 Å². The highest BCUT2D eigenvalue weighted by Gasteiger charge is 2.26. The molecule has 2 aromatic heterocycles. The first-order chi connectivity index (χ1) is 13.1. The third-order valence-electron chi connectivity index (χ3n) is 5.42. The van der Waals surface area contributed by atoms with Crippen LogP contribution in [0, 0.1) is 6.92 Å². The van der Waals surface area contributed by atoms with Gasteiger partial charge in [-0.05, 0) is 62.9 Å². The van der Waals surface area contributed by atoms with Crippen LogP contribution in [0.4, 0.5) is 0 Å². The standard InChI is InChI=1S/C22H22ClN3O/c1-14-6-3-4-11-26(14)22(27)18-12-20(16-7-5-10-24-13-16)25-21-15(2)19(23)9-8-17(18)21/h5,7-10,12-14H,3-4,6,11H2,1-2H3. The zero-order valence-electron chi connectivity index (χ0n) is 15.6. The zero-order chi connectivity index (χ0) is 19.0. The fourth-order valence-electron chi connectivity index (χ4n) is 3.80. The molecule has 1 unspecified atom stereocenters. The monoisotopic (exact) mass is 379 g/mol. The molecule has 1 aliphatic rings. The Morgan fingerprint density at radius 3 is 2.85 bits per heavy atom. The number of nitrogens with zero attached hydrogens (tertiary/aromatic N) is 3. The molecule has 1 amide bonds. The molecule has 0 aliphatic carbocycles. The quantitative estimate of drug-likeness (QED) is 0.609. The Morgan fingerprint density at radius 1 is 1.26 bits per heavy atom. The van der Waals surface area contributed by atoms with Gasteiger partial charge >= 0.3 is 0 Å². The number of halogens is 1. The molecule has 0 bridgehead atoms. The van der Waals surface area contributed by atoms with E-state index in [1.165, 1.54) is 6.42 Å². The maximum Gasteiger partial charge on any atom is 0.254 e. The molecule has 4 nitrogen and oxygen atoms in total. The van der Waals surface area contributed by atoms with Gasteiger partial charge in [-0.1, -0.05) is 17.7 Å². The number of pyridine rings is 2. The van der Waals surface area contributed by atoms with Crippen LogP contribution in [0.15, 0.2) is 42.7 Å². The smallest absolute Gasteiger partial charge is 0.254 e. The van der Waals surface area contributed by atoms with Crippen LogP contribution in [0.3, 0.4) is 0 Å². The number of benzene rings is 1. The number of piperidine rings is 1. The molecule has 3 aromatic rings. The number of carbonyl (C=O) groups excluding carboxylic acids is 1. The molecule has 0 radical (unpaired) electrons. The second-order valence-corrected chi connectivity index (χ2v) is 7.62. The molecular weight excluding hydrogens is 358 g/mol. The van der Waals surface area contributed by atoms with E-state index < -0.39 is 0 Å². The van der Waals surface area contributed by atoms with Crippen molar-refractivity contribution >= 4 is 28.4 Å². The van der Waals surface area contributed by atoms with E-state index in [0.717, 1.165) is 47.1 Å². The number of carbonyl (C=O) groups is 1. The highest BCUT2D eigenvalue weighted by atomic mass is 35.5.